The van der Waals surface area contributed by atoms with Crippen molar-refractivity contribution >= 4 is 28.8 Å². The topological polar surface area (TPSA) is 56.0 Å². The van der Waals surface area contributed by atoms with Crippen LogP contribution in [0, 0.1) is 17.0 Å². The zero-order valence-electron chi connectivity index (χ0n) is 9.12. The third-order valence-electron chi connectivity index (χ3n) is 2.08. The van der Waals surface area contributed by atoms with E-state index in [4.69, 9.17) is 0 Å². The molecule has 2 rings (SSSR count). The van der Waals surface area contributed by atoms with Gasteiger partial charge in [0.15, 0.2) is 0 Å². The van der Waals surface area contributed by atoms with Crippen molar-refractivity contribution in [1.29, 1.82) is 0 Å². The molecule has 0 fully saturated rings. The number of benzene rings is 1. The fourth-order valence-corrected chi connectivity index (χ4v) is 3.10. The van der Waals surface area contributed by atoms with Gasteiger partial charge in [-0.25, -0.2) is 4.98 Å². The minimum absolute atomic E-state index is 0.137. The van der Waals surface area contributed by atoms with E-state index in [1.54, 1.807) is 35.2 Å². The summed E-state index contributed by atoms with van der Waals surface area (Å²) >= 11 is 3.20. The third-order valence-corrected chi connectivity index (χ3v) is 4.29. The van der Waals surface area contributed by atoms with Crippen LogP contribution >= 0.6 is 23.1 Å². The minimum Gasteiger partial charge on any atom is -0.258 e. The maximum Gasteiger partial charge on any atom is 0.269 e. The first kappa shape index (κ1) is 12.1. The van der Waals surface area contributed by atoms with Crippen LogP contribution in [0.4, 0.5) is 5.69 Å². The molecule has 0 aliphatic rings. The molecule has 0 unspecified atom stereocenters. The number of thioether (sulfide) groups is 1. The van der Waals surface area contributed by atoms with E-state index in [1.165, 1.54) is 6.07 Å². The molecular formula is C11H10N2O2S2. The van der Waals surface area contributed by atoms with Gasteiger partial charge in [0.25, 0.3) is 5.69 Å². The molecule has 0 amide bonds. The molecular weight excluding hydrogens is 256 g/mol. The van der Waals surface area contributed by atoms with Crippen molar-refractivity contribution in [2.75, 3.05) is 0 Å². The Bertz CT molecular complexity index is 540. The first-order valence-corrected chi connectivity index (χ1v) is 6.80. The van der Waals surface area contributed by atoms with Gasteiger partial charge in [-0.15, -0.1) is 11.3 Å². The van der Waals surface area contributed by atoms with E-state index in [9.17, 15) is 10.1 Å². The summed E-state index contributed by atoms with van der Waals surface area (Å²) in [5, 5.41) is 12.6. The van der Waals surface area contributed by atoms with Gasteiger partial charge in [-0.2, -0.15) is 0 Å². The lowest BCUT2D eigenvalue weighted by Crippen LogP contribution is -1.89. The van der Waals surface area contributed by atoms with Crippen molar-refractivity contribution in [3.8, 4) is 0 Å². The summed E-state index contributed by atoms with van der Waals surface area (Å²) in [6.07, 6.45) is 0. The summed E-state index contributed by atoms with van der Waals surface area (Å²) in [4.78, 5) is 14.6. The van der Waals surface area contributed by atoms with Gasteiger partial charge in [-0.1, -0.05) is 23.9 Å². The molecule has 88 valence electrons. The quantitative estimate of drug-likeness (QED) is 0.481. The van der Waals surface area contributed by atoms with Gasteiger partial charge in [0.2, 0.25) is 0 Å². The van der Waals surface area contributed by atoms with Crippen molar-refractivity contribution < 1.29 is 4.92 Å². The van der Waals surface area contributed by atoms with Crippen LogP contribution in [-0.4, -0.2) is 9.91 Å². The maximum atomic E-state index is 10.6. The van der Waals surface area contributed by atoms with E-state index in [2.05, 4.69) is 4.98 Å². The molecule has 2 aromatic rings. The Labute approximate surface area is 107 Å². The smallest absolute Gasteiger partial charge is 0.258 e. The van der Waals surface area contributed by atoms with Crippen LogP contribution in [0.3, 0.4) is 0 Å². The monoisotopic (exact) mass is 266 g/mol. The number of nitrogens with zero attached hydrogens (tertiary/aromatic N) is 2. The van der Waals surface area contributed by atoms with Crippen LogP contribution < -0.4 is 0 Å². The Hall–Kier alpha value is -1.40. The summed E-state index contributed by atoms with van der Waals surface area (Å²) in [5.41, 5.74) is 2.09. The highest BCUT2D eigenvalue weighted by Crippen LogP contribution is 2.27. The van der Waals surface area contributed by atoms with Crippen molar-refractivity contribution in [3.63, 3.8) is 0 Å². The average molecular weight is 266 g/mol. The molecule has 0 atom stereocenters. The second kappa shape index (κ2) is 5.29. The van der Waals surface area contributed by atoms with Crippen molar-refractivity contribution in [3.05, 3.63) is 51.0 Å². The number of rotatable bonds is 4. The first-order chi connectivity index (χ1) is 8.15. The van der Waals surface area contributed by atoms with Gasteiger partial charge in [0.1, 0.15) is 4.34 Å². The number of hydrogen-bond donors (Lipinski definition) is 0. The van der Waals surface area contributed by atoms with E-state index in [1.807, 2.05) is 18.4 Å². The van der Waals surface area contributed by atoms with Crippen LogP contribution in [0.5, 0.6) is 0 Å². The Balaban J connectivity index is 2.04. The molecule has 1 aromatic heterocycles. The standard InChI is InChI=1S/C11H10N2O2S2/c1-8-6-16-11(12-8)17-7-9-3-2-4-10(5-9)13(14)15/h2-6H,7H2,1H3. The molecule has 0 bridgehead atoms. The minimum atomic E-state index is -0.373. The SMILES string of the molecule is Cc1csc(SCc2cccc([N+](=O)[O-])c2)n1. The summed E-state index contributed by atoms with van der Waals surface area (Å²) in [7, 11) is 0. The highest BCUT2D eigenvalue weighted by atomic mass is 32.2. The van der Waals surface area contributed by atoms with Crippen molar-refractivity contribution in [2.24, 2.45) is 0 Å². The molecule has 0 aliphatic heterocycles. The number of thiazole rings is 1. The number of hydrogen-bond acceptors (Lipinski definition) is 5. The fraction of sp³-hybridized carbons (Fsp3) is 0.182. The summed E-state index contributed by atoms with van der Waals surface area (Å²) < 4.78 is 0.994. The van der Waals surface area contributed by atoms with E-state index in [0.717, 1.165) is 15.6 Å². The van der Waals surface area contributed by atoms with E-state index >= 15 is 0 Å². The van der Waals surface area contributed by atoms with E-state index in [0.29, 0.717) is 5.75 Å². The second-order valence-electron chi connectivity index (χ2n) is 3.47. The summed E-state index contributed by atoms with van der Waals surface area (Å²) in [5.74, 6) is 0.703. The van der Waals surface area contributed by atoms with E-state index in [-0.39, 0.29) is 10.6 Å². The van der Waals surface area contributed by atoms with Gasteiger partial charge in [0.05, 0.1) is 4.92 Å². The zero-order valence-corrected chi connectivity index (χ0v) is 10.8. The first-order valence-electron chi connectivity index (χ1n) is 4.93. The number of nitro groups is 1. The molecule has 0 saturated carbocycles. The molecule has 0 radical (unpaired) electrons. The van der Waals surface area contributed by atoms with Crippen LogP contribution in [0.2, 0.25) is 0 Å². The van der Waals surface area contributed by atoms with Crippen molar-refractivity contribution in [2.45, 2.75) is 17.0 Å². The molecule has 0 N–H and O–H groups in total. The van der Waals surface area contributed by atoms with Gasteiger partial charge >= 0.3 is 0 Å². The molecule has 0 aliphatic carbocycles. The number of nitro benzene ring substituents is 1. The summed E-state index contributed by atoms with van der Waals surface area (Å²) in [6.45, 7) is 1.95. The van der Waals surface area contributed by atoms with Gasteiger partial charge in [0, 0.05) is 29.0 Å². The highest BCUT2D eigenvalue weighted by molar-refractivity contribution is 8.00. The van der Waals surface area contributed by atoms with Crippen LogP contribution in [-0.2, 0) is 5.75 Å². The molecule has 0 saturated heterocycles. The lowest BCUT2D eigenvalue weighted by molar-refractivity contribution is -0.384. The Morgan fingerprint density at radius 3 is 3.00 bits per heavy atom. The van der Waals surface area contributed by atoms with E-state index < -0.39 is 0 Å². The largest absolute Gasteiger partial charge is 0.269 e. The normalized spacial score (nSPS) is 10.4. The number of non-ortho nitro benzene ring substituents is 1. The summed E-state index contributed by atoms with van der Waals surface area (Å²) in [6, 6.07) is 6.71. The molecule has 0 spiro atoms. The Kier molecular flexibility index (Phi) is 3.75. The molecule has 1 aromatic carbocycles. The Morgan fingerprint density at radius 2 is 2.35 bits per heavy atom. The van der Waals surface area contributed by atoms with Crippen LogP contribution in [0.25, 0.3) is 0 Å². The van der Waals surface area contributed by atoms with Crippen LogP contribution in [0.1, 0.15) is 11.3 Å². The second-order valence-corrected chi connectivity index (χ2v) is 5.55. The lowest BCUT2D eigenvalue weighted by Gasteiger charge is -1.98. The van der Waals surface area contributed by atoms with Gasteiger partial charge in [-0.3, -0.25) is 10.1 Å². The fourth-order valence-electron chi connectivity index (χ4n) is 1.30. The third kappa shape index (κ3) is 3.28. The van der Waals surface area contributed by atoms with Gasteiger partial charge in [-0.05, 0) is 12.5 Å². The number of aromatic nitrogens is 1. The predicted octanol–water partition coefficient (Wildman–Crippen LogP) is 3.65. The van der Waals surface area contributed by atoms with Crippen molar-refractivity contribution in [1.82, 2.24) is 4.98 Å². The molecule has 4 nitrogen and oxygen atoms in total. The Morgan fingerprint density at radius 1 is 1.53 bits per heavy atom. The highest BCUT2D eigenvalue weighted by Gasteiger charge is 2.06. The predicted molar refractivity (Wildman–Crippen MR) is 69.5 cm³/mol. The molecule has 1 heterocycles. The molecule has 17 heavy (non-hydrogen) atoms. The maximum absolute atomic E-state index is 10.6. The van der Waals surface area contributed by atoms with Gasteiger partial charge < -0.3 is 0 Å². The zero-order chi connectivity index (χ0) is 12.3. The average Bonchev–Trinajstić information content (AvgIpc) is 2.73. The molecule has 6 heteroatoms. The van der Waals surface area contributed by atoms with Crippen LogP contribution in [0.15, 0.2) is 34.0 Å². The lowest BCUT2D eigenvalue weighted by atomic mass is 10.2. The number of aryl methyl sites for hydroxylation is 1.